The van der Waals surface area contributed by atoms with E-state index in [-0.39, 0.29) is 10.5 Å². The Labute approximate surface area is 123 Å². The lowest BCUT2D eigenvalue weighted by Gasteiger charge is -2.07. The van der Waals surface area contributed by atoms with Gasteiger partial charge in [0, 0.05) is 4.90 Å². The Kier molecular flexibility index (Phi) is 4.68. The molecule has 1 N–H and O–H groups in total. The van der Waals surface area contributed by atoms with E-state index < -0.39 is 18.2 Å². The molecule has 0 bridgehead atoms. The smallest absolute Gasteiger partial charge is 0.140 e. The molecule has 0 aliphatic carbocycles. The molecule has 2 rings (SSSR count). The number of benzene rings is 2. The summed E-state index contributed by atoms with van der Waals surface area (Å²) in [7, 11) is 0. The topological polar surface area (TPSA) is 20.2 Å². The third-order valence-electron chi connectivity index (χ3n) is 2.35. The minimum absolute atomic E-state index is 0.143. The van der Waals surface area contributed by atoms with Gasteiger partial charge < -0.3 is 5.11 Å². The Morgan fingerprint density at radius 3 is 2.16 bits per heavy atom. The maximum Gasteiger partial charge on any atom is 0.140 e. The van der Waals surface area contributed by atoms with E-state index in [1.165, 1.54) is 6.07 Å². The van der Waals surface area contributed by atoms with Crippen LogP contribution in [0, 0.1) is 11.6 Å². The highest BCUT2D eigenvalue weighted by Gasteiger charge is 2.13. The van der Waals surface area contributed by atoms with Crippen molar-refractivity contribution in [2.45, 2.75) is 16.4 Å². The van der Waals surface area contributed by atoms with Crippen molar-refractivity contribution in [3.8, 4) is 0 Å². The van der Waals surface area contributed by atoms with Crippen molar-refractivity contribution >= 4 is 35.0 Å². The first kappa shape index (κ1) is 14.6. The van der Waals surface area contributed by atoms with E-state index in [4.69, 9.17) is 28.3 Å². The lowest BCUT2D eigenvalue weighted by molar-refractivity contribution is 0.280. The van der Waals surface area contributed by atoms with Crippen LogP contribution in [0.25, 0.3) is 0 Å². The van der Waals surface area contributed by atoms with Crippen LogP contribution in [0.3, 0.4) is 0 Å². The minimum Gasteiger partial charge on any atom is -0.392 e. The maximum atomic E-state index is 13.7. The van der Waals surface area contributed by atoms with E-state index in [1.54, 1.807) is 12.1 Å². The Hall–Kier alpha value is -0.810. The van der Waals surface area contributed by atoms with Gasteiger partial charge in [0.2, 0.25) is 0 Å². The molecule has 19 heavy (non-hydrogen) atoms. The monoisotopic (exact) mass is 320 g/mol. The SMILES string of the molecule is OCc1cc(F)c(Sc2ccc(Cl)c(Cl)c2)c(F)c1. The molecule has 0 aromatic heterocycles. The Morgan fingerprint density at radius 2 is 1.63 bits per heavy atom. The second-order valence-electron chi connectivity index (χ2n) is 3.72. The van der Waals surface area contributed by atoms with Gasteiger partial charge in [0.15, 0.2) is 0 Å². The zero-order valence-electron chi connectivity index (χ0n) is 9.46. The standard InChI is InChI=1S/C13H8Cl2F2OS/c14-9-2-1-8(5-10(9)15)19-13-11(16)3-7(6-18)4-12(13)17/h1-5,18H,6H2. The highest BCUT2D eigenvalue weighted by molar-refractivity contribution is 7.99. The van der Waals surface area contributed by atoms with Crippen molar-refractivity contribution in [2.24, 2.45) is 0 Å². The molecule has 0 fully saturated rings. The van der Waals surface area contributed by atoms with Crippen LogP contribution in [-0.2, 0) is 6.61 Å². The molecule has 2 aromatic rings. The summed E-state index contributed by atoms with van der Waals surface area (Å²) in [6.45, 7) is -0.411. The van der Waals surface area contributed by atoms with E-state index in [9.17, 15) is 8.78 Å². The summed E-state index contributed by atoms with van der Waals surface area (Å²) >= 11 is 12.5. The molecule has 1 nitrogen and oxygen atoms in total. The Morgan fingerprint density at radius 1 is 1.00 bits per heavy atom. The third kappa shape index (κ3) is 3.39. The number of hydrogen-bond donors (Lipinski definition) is 1. The van der Waals surface area contributed by atoms with Gasteiger partial charge in [-0.15, -0.1) is 0 Å². The first-order chi connectivity index (χ1) is 9.01. The molecule has 0 spiro atoms. The predicted molar refractivity (Wildman–Crippen MR) is 72.9 cm³/mol. The van der Waals surface area contributed by atoms with E-state index >= 15 is 0 Å². The first-order valence-electron chi connectivity index (χ1n) is 5.23. The Bertz CT molecular complexity index is 597. The number of aliphatic hydroxyl groups excluding tert-OH is 1. The van der Waals surface area contributed by atoms with Gasteiger partial charge in [-0.25, -0.2) is 8.78 Å². The van der Waals surface area contributed by atoms with E-state index in [0.717, 1.165) is 23.9 Å². The molecule has 0 atom stereocenters. The van der Waals surface area contributed by atoms with E-state index in [2.05, 4.69) is 0 Å². The summed E-state index contributed by atoms with van der Waals surface area (Å²) in [6.07, 6.45) is 0. The van der Waals surface area contributed by atoms with Crippen LogP contribution in [0.1, 0.15) is 5.56 Å². The fourth-order valence-electron chi connectivity index (χ4n) is 1.46. The minimum atomic E-state index is -0.722. The summed E-state index contributed by atoms with van der Waals surface area (Å²) in [6, 6.07) is 6.92. The summed E-state index contributed by atoms with van der Waals surface area (Å²) in [5.74, 6) is -1.44. The van der Waals surface area contributed by atoms with Crippen LogP contribution < -0.4 is 0 Å². The molecule has 0 amide bonds. The lowest BCUT2D eigenvalue weighted by Crippen LogP contribution is -1.93. The average molecular weight is 321 g/mol. The molecule has 0 unspecified atom stereocenters. The molecule has 0 saturated heterocycles. The van der Waals surface area contributed by atoms with Crippen molar-refractivity contribution in [2.75, 3.05) is 0 Å². The number of hydrogen-bond acceptors (Lipinski definition) is 2. The fourth-order valence-corrected chi connectivity index (χ4v) is 2.68. The highest BCUT2D eigenvalue weighted by atomic mass is 35.5. The van der Waals surface area contributed by atoms with Gasteiger partial charge in [-0.2, -0.15) is 0 Å². The first-order valence-corrected chi connectivity index (χ1v) is 6.80. The molecule has 0 saturated carbocycles. The molecule has 6 heteroatoms. The van der Waals surface area contributed by atoms with Crippen LogP contribution in [0.15, 0.2) is 40.1 Å². The van der Waals surface area contributed by atoms with Gasteiger partial charge in [0.1, 0.15) is 11.6 Å². The normalized spacial score (nSPS) is 10.8. The number of halogens is 4. The maximum absolute atomic E-state index is 13.7. The summed E-state index contributed by atoms with van der Waals surface area (Å²) in [5.41, 5.74) is 0.188. The quantitative estimate of drug-likeness (QED) is 0.866. The molecule has 2 aromatic carbocycles. The average Bonchev–Trinajstić information content (AvgIpc) is 2.37. The Balaban J connectivity index is 2.35. The second kappa shape index (κ2) is 6.09. The molecule has 0 aliphatic rings. The van der Waals surface area contributed by atoms with Crippen molar-refractivity contribution < 1.29 is 13.9 Å². The third-order valence-corrected chi connectivity index (χ3v) is 4.17. The van der Waals surface area contributed by atoms with Crippen LogP contribution >= 0.6 is 35.0 Å². The van der Waals surface area contributed by atoms with Crippen molar-refractivity contribution in [1.82, 2.24) is 0 Å². The molecule has 100 valence electrons. The van der Waals surface area contributed by atoms with Gasteiger partial charge in [-0.1, -0.05) is 35.0 Å². The van der Waals surface area contributed by atoms with Crippen LogP contribution in [0.2, 0.25) is 10.0 Å². The zero-order valence-corrected chi connectivity index (χ0v) is 11.8. The fraction of sp³-hybridized carbons (Fsp3) is 0.0769. The second-order valence-corrected chi connectivity index (χ2v) is 5.62. The molecular weight excluding hydrogens is 313 g/mol. The summed E-state index contributed by atoms with van der Waals surface area (Å²) < 4.78 is 27.5. The predicted octanol–water partition coefficient (Wildman–Crippen LogP) is 4.92. The van der Waals surface area contributed by atoms with Crippen molar-refractivity contribution in [1.29, 1.82) is 0 Å². The lowest BCUT2D eigenvalue weighted by atomic mass is 10.2. The van der Waals surface area contributed by atoms with Crippen LogP contribution in [0.5, 0.6) is 0 Å². The van der Waals surface area contributed by atoms with Gasteiger partial charge in [0.25, 0.3) is 0 Å². The van der Waals surface area contributed by atoms with Gasteiger partial charge in [-0.3, -0.25) is 0 Å². The number of aliphatic hydroxyl groups is 1. The van der Waals surface area contributed by atoms with Crippen LogP contribution in [-0.4, -0.2) is 5.11 Å². The summed E-state index contributed by atoms with van der Waals surface area (Å²) in [5, 5.41) is 9.56. The zero-order chi connectivity index (χ0) is 14.0. The van der Waals surface area contributed by atoms with Gasteiger partial charge in [-0.05, 0) is 35.9 Å². The van der Waals surface area contributed by atoms with Gasteiger partial charge >= 0.3 is 0 Å². The van der Waals surface area contributed by atoms with Crippen LogP contribution in [0.4, 0.5) is 8.78 Å². The van der Waals surface area contributed by atoms with Crippen molar-refractivity contribution in [3.05, 3.63) is 57.6 Å². The molecule has 0 heterocycles. The summed E-state index contributed by atoms with van der Waals surface area (Å²) in [4.78, 5) is 0.430. The molecule has 0 radical (unpaired) electrons. The number of rotatable bonds is 3. The molecular formula is C13H8Cl2F2OS. The van der Waals surface area contributed by atoms with E-state index in [1.807, 2.05) is 0 Å². The van der Waals surface area contributed by atoms with E-state index in [0.29, 0.717) is 14.9 Å². The largest absolute Gasteiger partial charge is 0.392 e. The van der Waals surface area contributed by atoms with Gasteiger partial charge in [0.05, 0.1) is 21.5 Å². The molecule has 0 aliphatic heterocycles. The highest BCUT2D eigenvalue weighted by Crippen LogP contribution is 2.35. The van der Waals surface area contributed by atoms with Crippen molar-refractivity contribution in [3.63, 3.8) is 0 Å².